The first kappa shape index (κ1) is 14.3. The Kier molecular flexibility index (Phi) is 5.46. The van der Waals surface area contributed by atoms with E-state index in [-0.39, 0.29) is 0 Å². The number of likely N-dealkylation sites (N-methyl/N-ethyl adjacent to an activating group) is 1. The van der Waals surface area contributed by atoms with Gasteiger partial charge in [-0.1, -0.05) is 33.1 Å². The zero-order valence-corrected chi connectivity index (χ0v) is 12.3. The number of rotatable bonds is 4. The van der Waals surface area contributed by atoms with Crippen LogP contribution in [-0.2, 0) is 0 Å². The van der Waals surface area contributed by atoms with Crippen LogP contribution in [0.15, 0.2) is 0 Å². The van der Waals surface area contributed by atoms with Crippen molar-refractivity contribution in [1.29, 1.82) is 0 Å². The summed E-state index contributed by atoms with van der Waals surface area (Å²) >= 11 is 0. The first-order valence-corrected chi connectivity index (χ1v) is 8.00. The first-order valence-electron chi connectivity index (χ1n) is 8.00. The van der Waals surface area contributed by atoms with Gasteiger partial charge < -0.3 is 5.73 Å². The van der Waals surface area contributed by atoms with Crippen LogP contribution in [0, 0.1) is 0 Å². The molecule has 0 radical (unpaired) electrons. The van der Waals surface area contributed by atoms with Gasteiger partial charge in [-0.3, -0.25) is 9.80 Å². The Bertz CT molecular complexity index is 240. The fourth-order valence-electron chi connectivity index (χ4n) is 3.88. The third kappa shape index (κ3) is 3.25. The van der Waals surface area contributed by atoms with Crippen LogP contribution in [-0.4, -0.2) is 54.1 Å². The van der Waals surface area contributed by atoms with E-state index in [1.54, 1.807) is 0 Å². The first-order chi connectivity index (χ1) is 8.76. The molecule has 1 saturated heterocycles. The van der Waals surface area contributed by atoms with E-state index < -0.39 is 0 Å². The molecule has 2 aliphatic rings. The van der Waals surface area contributed by atoms with Crippen LogP contribution >= 0.6 is 0 Å². The van der Waals surface area contributed by atoms with Gasteiger partial charge in [0.1, 0.15) is 0 Å². The SMILES string of the molecule is CCN(CC)C1CCN(C2CCCCCC2N)C1. The molecule has 2 N–H and O–H groups in total. The fourth-order valence-corrected chi connectivity index (χ4v) is 3.88. The molecule has 0 spiro atoms. The van der Waals surface area contributed by atoms with Gasteiger partial charge in [0.05, 0.1) is 0 Å². The smallest absolute Gasteiger partial charge is 0.0247 e. The van der Waals surface area contributed by atoms with Crippen molar-refractivity contribution >= 4 is 0 Å². The summed E-state index contributed by atoms with van der Waals surface area (Å²) in [5.74, 6) is 0. The highest BCUT2D eigenvalue weighted by Gasteiger charge is 2.33. The molecule has 0 amide bonds. The third-order valence-electron chi connectivity index (χ3n) is 5.02. The zero-order valence-electron chi connectivity index (χ0n) is 12.3. The van der Waals surface area contributed by atoms with E-state index in [0.717, 1.165) is 6.04 Å². The summed E-state index contributed by atoms with van der Waals surface area (Å²) in [5, 5.41) is 0. The lowest BCUT2D eigenvalue weighted by Gasteiger charge is -2.32. The van der Waals surface area contributed by atoms with Gasteiger partial charge >= 0.3 is 0 Å². The number of likely N-dealkylation sites (tertiary alicyclic amines) is 1. The van der Waals surface area contributed by atoms with E-state index in [0.29, 0.717) is 12.1 Å². The van der Waals surface area contributed by atoms with Crippen molar-refractivity contribution in [1.82, 2.24) is 9.80 Å². The van der Waals surface area contributed by atoms with Crippen molar-refractivity contribution < 1.29 is 0 Å². The maximum Gasteiger partial charge on any atom is 0.0247 e. The molecule has 18 heavy (non-hydrogen) atoms. The molecule has 1 heterocycles. The van der Waals surface area contributed by atoms with Crippen molar-refractivity contribution in [2.45, 2.75) is 70.5 Å². The maximum atomic E-state index is 6.39. The minimum absolute atomic E-state index is 0.419. The summed E-state index contributed by atoms with van der Waals surface area (Å²) in [6.07, 6.45) is 8.00. The molecule has 3 nitrogen and oxygen atoms in total. The second kappa shape index (κ2) is 6.88. The molecule has 0 aromatic heterocycles. The molecular formula is C15H31N3. The van der Waals surface area contributed by atoms with Crippen molar-refractivity contribution in [3.8, 4) is 0 Å². The Balaban J connectivity index is 1.90. The Hall–Kier alpha value is -0.120. The molecule has 3 heteroatoms. The highest BCUT2D eigenvalue weighted by Crippen LogP contribution is 2.26. The molecule has 0 aromatic carbocycles. The van der Waals surface area contributed by atoms with Crippen LogP contribution in [0.4, 0.5) is 0 Å². The summed E-state index contributed by atoms with van der Waals surface area (Å²) in [5.41, 5.74) is 6.39. The molecule has 3 atom stereocenters. The standard InChI is InChI=1S/C15H31N3/c1-3-17(4-2)13-10-11-18(12-13)15-9-7-5-6-8-14(15)16/h13-15H,3-12,16H2,1-2H3. The summed E-state index contributed by atoms with van der Waals surface area (Å²) in [6.45, 7) is 9.45. The number of hydrogen-bond acceptors (Lipinski definition) is 3. The predicted molar refractivity (Wildman–Crippen MR) is 77.7 cm³/mol. The molecule has 2 rings (SSSR count). The third-order valence-corrected chi connectivity index (χ3v) is 5.02. The lowest BCUT2D eigenvalue weighted by Crippen LogP contribution is -2.47. The average molecular weight is 253 g/mol. The number of hydrogen-bond donors (Lipinski definition) is 1. The molecule has 1 saturated carbocycles. The van der Waals surface area contributed by atoms with Crippen molar-refractivity contribution in [2.75, 3.05) is 26.2 Å². The van der Waals surface area contributed by atoms with Gasteiger partial charge in [-0.15, -0.1) is 0 Å². The average Bonchev–Trinajstić information content (AvgIpc) is 2.74. The van der Waals surface area contributed by atoms with Gasteiger partial charge in [-0.2, -0.15) is 0 Å². The largest absolute Gasteiger partial charge is 0.326 e. The summed E-state index contributed by atoms with van der Waals surface area (Å²) in [7, 11) is 0. The summed E-state index contributed by atoms with van der Waals surface area (Å²) in [4.78, 5) is 5.31. The Morgan fingerprint density at radius 2 is 1.78 bits per heavy atom. The van der Waals surface area contributed by atoms with E-state index in [2.05, 4.69) is 23.6 Å². The topological polar surface area (TPSA) is 32.5 Å². The fraction of sp³-hybridized carbons (Fsp3) is 1.00. The molecule has 0 aromatic rings. The van der Waals surface area contributed by atoms with E-state index in [1.807, 2.05) is 0 Å². The van der Waals surface area contributed by atoms with E-state index >= 15 is 0 Å². The molecule has 106 valence electrons. The maximum absolute atomic E-state index is 6.39. The number of nitrogens with two attached hydrogens (primary N) is 1. The van der Waals surface area contributed by atoms with Crippen LogP contribution in [0.25, 0.3) is 0 Å². The second-order valence-corrected chi connectivity index (χ2v) is 6.03. The van der Waals surface area contributed by atoms with Gasteiger partial charge in [0, 0.05) is 31.2 Å². The van der Waals surface area contributed by atoms with Gasteiger partial charge in [0.15, 0.2) is 0 Å². The molecule has 2 fully saturated rings. The van der Waals surface area contributed by atoms with E-state index in [1.165, 1.54) is 64.7 Å². The molecule has 0 bridgehead atoms. The van der Waals surface area contributed by atoms with Crippen LogP contribution < -0.4 is 5.73 Å². The quantitative estimate of drug-likeness (QED) is 0.779. The van der Waals surface area contributed by atoms with Crippen LogP contribution in [0.5, 0.6) is 0 Å². The zero-order chi connectivity index (χ0) is 13.0. The number of nitrogens with zero attached hydrogens (tertiary/aromatic N) is 2. The molecule has 3 unspecified atom stereocenters. The Labute approximate surface area is 113 Å². The minimum Gasteiger partial charge on any atom is -0.326 e. The minimum atomic E-state index is 0.419. The Morgan fingerprint density at radius 1 is 1.06 bits per heavy atom. The summed E-state index contributed by atoms with van der Waals surface area (Å²) in [6, 6.07) is 1.85. The summed E-state index contributed by atoms with van der Waals surface area (Å²) < 4.78 is 0. The lowest BCUT2D eigenvalue weighted by molar-refractivity contribution is 0.167. The van der Waals surface area contributed by atoms with Crippen molar-refractivity contribution in [3.05, 3.63) is 0 Å². The van der Waals surface area contributed by atoms with E-state index in [4.69, 9.17) is 5.73 Å². The van der Waals surface area contributed by atoms with Gasteiger partial charge in [-0.05, 0) is 32.4 Å². The normalized spacial score (nSPS) is 35.0. The highest BCUT2D eigenvalue weighted by molar-refractivity contribution is 4.91. The second-order valence-electron chi connectivity index (χ2n) is 6.03. The van der Waals surface area contributed by atoms with E-state index in [9.17, 15) is 0 Å². The molecule has 1 aliphatic carbocycles. The van der Waals surface area contributed by atoms with Gasteiger partial charge in [0.25, 0.3) is 0 Å². The van der Waals surface area contributed by atoms with Gasteiger partial charge in [0.2, 0.25) is 0 Å². The predicted octanol–water partition coefficient (Wildman–Crippen LogP) is 2.06. The molecule has 1 aliphatic heterocycles. The van der Waals surface area contributed by atoms with Crippen molar-refractivity contribution in [2.24, 2.45) is 5.73 Å². The monoisotopic (exact) mass is 253 g/mol. The van der Waals surface area contributed by atoms with Crippen LogP contribution in [0.1, 0.15) is 52.4 Å². The van der Waals surface area contributed by atoms with Crippen LogP contribution in [0.2, 0.25) is 0 Å². The Morgan fingerprint density at radius 3 is 2.50 bits per heavy atom. The molecular weight excluding hydrogens is 222 g/mol. The highest BCUT2D eigenvalue weighted by atomic mass is 15.3. The van der Waals surface area contributed by atoms with Crippen LogP contribution in [0.3, 0.4) is 0 Å². The lowest BCUT2D eigenvalue weighted by atomic mass is 10.0. The van der Waals surface area contributed by atoms with Gasteiger partial charge in [-0.25, -0.2) is 0 Å². The van der Waals surface area contributed by atoms with Crippen molar-refractivity contribution in [3.63, 3.8) is 0 Å².